The summed E-state index contributed by atoms with van der Waals surface area (Å²) < 4.78 is 6.66. The molecule has 3 aromatic rings. The van der Waals surface area contributed by atoms with Crippen molar-refractivity contribution in [3.8, 4) is 28.3 Å². The number of hydrogen-bond acceptors (Lipinski definition) is 4. The standard InChI is InChI=1S/C19H18ClN3O3/c1-11(2)23-17(24)8-7-16(22-23)14-10-15(20)19(25)21-18(14)12-5-4-6-13(9-12)26-3/h4-11H,1-3H3,(H,21,25). The lowest BCUT2D eigenvalue weighted by Crippen LogP contribution is -2.24. The molecule has 0 spiro atoms. The number of ether oxygens (including phenoxy) is 1. The molecule has 7 heteroatoms. The fraction of sp³-hybridized carbons (Fsp3) is 0.211. The summed E-state index contributed by atoms with van der Waals surface area (Å²) in [6.07, 6.45) is 0. The SMILES string of the molecule is COc1cccc(-c2[nH]c(=O)c(Cl)cc2-c2ccc(=O)n(C(C)C)n2)c1. The maximum atomic E-state index is 12.1. The summed E-state index contributed by atoms with van der Waals surface area (Å²) >= 11 is 6.05. The Bertz CT molecular complexity index is 1070. The number of H-pyrrole nitrogens is 1. The Morgan fingerprint density at radius 1 is 1.15 bits per heavy atom. The Hall–Kier alpha value is -2.86. The molecule has 0 unspecified atom stereocenters. The molecule has 1 aromatic carbocycles. The van der Waals surface area contributed by atoms with E-state index in [-0.39, 0.29) is 16.6 Å². The third-order valence-corrected chi connectivity index (χ3v) is 4.23. The molecule has 26 heavy (non-hydrogen) atoms. The van der Waals surface area contributed by atoms with Gasteiger partial charge in [0.05, 0.1) is 24.5 Å². The van der Waals surface area contributed by atoms with E-state index in [2.05, 4.69) is 10.1 Å². The van der Waals surface area contributed by atoms with Crippen LogP contribution in [0.3, 0.4) is 0 Å². The first-order chi connectivity index (χ1) is 12.4. The molecule has 2 heterocycles. The Balaban J connectivity index is 2.28. The van der Waals surface area contributed by atoms with Gasteiger partial charge in [-0.3, -0.25) is 9.59 Å². The van der Waals surface area contributed by atoms with Crippen molar-refractivity contribution in [3.05, 3.63) is 68.2 Å². The van der Waals surface area contributed by atoms with Crippen molar-refractivity contribution >= 4 is 11.6 Å². The predicted octanol–water partition coefficient (Wildman–Crippen LogP) is 3.51. The third-order valence-electron chi connectivity index (χ3n) is 3.94. The fourth-order valence-electron chi connectivity index (χ4n) is 2.65. The monoisotopic (exact) mass is 371 g/mol. The van der Waals surface area contributed by atoms with Crippen LogP contribution in [-0.2, 0) is 0 Å². The molecular weight excluding hydrogens is 354 g/mol. The molecule has 6 nitrogen and oxygen atoms in total. The second kappa shape index (κ2) is 7.17. The molecule has 0 aliphatic rings. The van der Waals surface area contributed by atoms with Crippen LogP contribution in [-0.4, -0.2) is 21.9 Å². The van der Waals surface area contributed by atoms with Crippen LogP contribution in [0, 0.1) is 0 Å². The van der Waals surface area contributed by atoms with Crippen LogP contribution in [0.25, 0.3) is 22.5 Å². The number of aromatic amines is 1. The van der Waals surface area contributed by atoms with Gasteiger partial charge in [0.1, 0.15) is 10.8 Å². The van der Waals surface area contributed by atoms with Gasteiger partial charge in [0.25, 0.3) is 11.1 Å². The van der Waals surface area contributed by atoms with Gasteiger partial charge in [0, 0.05) is 17.2 Å². The lowest BCUT2D eigenvalue weighted by molar-refractivity contribution is 0.415. The molecule has 1 N–H and O–H groups in total. The van der Waals surface area contributed by atoms with E-state index >= 15 is 0 Å². The first kappa shape index (κ1) is 17.9. The summed E-state index contributed by atoms with van der Waals surface area (Å²) in [7, 11) is 1.57. The highest BCUT2D eigenvalue weighted by atomic mass is 35.5. The number of pyridine rings is 1. The molecular formula is C19H18ClN3O3. The summed E-state index contributed by atoms with van der Waals surface area (Å²) in [5.74, 6) is 0.657. The highest BCUT2D eigenvalue weighted by molar-refractivity contribution is 6.30. The number of nitrogens with one attached hydrogen (secondary N) is 1. The number of benzene rings is 1. The average Bonchev–Trinajstić information content (AvgIpc) is 2.64. The van der Waals surface area contributed by atoms with Crippen molar-refractivity contribution in [2.75, 3.05) is 7.11 Å². The van der Waals surface area contributed by atoms with Crippen molar-refractivity contribution < 1.29 is 4.74 Å². The zero-order valence-electron chi connectivity index (χ0n) is 14.6. The average molecular weight is 372 g/mol. The van der Waals surface area contributed by atoms with Crippen molar-refractivity contribution in [2.24, 2.45) is 0 Å². The van der Waals surface area contributed by atoms with E-state index in [0.717, 1.165) is 5.56 Å². The van der Waals surface area contributed by atoms with E-state index < -0.39 is 5.56 Å². The van der Waals surface area contributed by atoms with Crippen molar-refractivity contribution in [1.82, 2.24) is 14.8 Å². The lowest BCUT2D eigenvalue weighted by atomic mass is 10.0. The number of halogens is 1. The molecule has 0 saturated carbocycles. The van der Waals surface area contributed by atoms with E-state index in [1.165, 1.54) is 10.7 Å². The second-order valence-electron chi connectivity index (χ2n) is 6.06. The van der Waals surface area contributed by atoms with Crippen LogP contribution in [0.5, 0.6) is 5.75 Å². The number of methoxy groups -OCH3 is 1. The lowest BCUT2D eigenvalue weighted by Gasteiger charge is -2.13. The molecule has 134 valence electrons. The Morgan fingerprint density at radius 3 is 2.62 bits per heavy atom. The molecule has 0 atom stereocenters. The molecule has 0 saturated heterocycles. The Kier molecular flexibility index (Phi) is 4.95. The van der Waals surface area contributed by atoms with E-state index in [1.54, 1.807) is 25.3 Å². The quantitative estimate of drug-likeness (QED) is 0.761. The number of hydrogen-bond donors (Lipinski definition) is 1. The molecule has 0 fully saturated rings. The molecule has 0 aliphatic heterocycles. The number of rotatable bonds is 4. The summed E-state index contributed by atoms with van der Waals surface area (Å²) in [5, 5.41) is 4.49. The molecule has 2 aromatic heterocycles. The summed E-state index contributed by atoms with van der Waals surface area (Å²) in [6, 6.07) is 11.8. The van der Waals surface area contributed by atoms with Crippen LogP contribution < -0.4 is 15.9 Å². The van der Waals surface area contributed by atoms with Crippen LogP contribution in [0.1, 0.15) is 19.9 Å². The molecule has 0 bridgehead atoms. The summed E-state index contributed by atoms with van der Waals surface area (Å²) in [5.41, 5.74) is 1.87. The van der Waals surface area contributed by atoms with Gasteiger partial charge in [-0.2, -0.15) is 5.10 Å². The van der Waals surface area contributed by atoms with Gasteiger partial charge in [0.2, 0.25) is 0 Å². The third kappa shape index (κ3) is 3.41. The zero-order valence-corrected chi connectivity index (χ0v) is 15.4. The van der Waals surface area contributed by atoms with Crippen molar-refractivity contribution in [1.29, 1.82) is 0 Å². The molecule has 3 rings (SSSR count). The van der Waals surface area contributed by atoms with E-state index in [0.29, 0.717) is 22.7 Å². The second-order valence-corrected chi connectivity index (χ2v) is 6.47. The minimum absolute atomic E-state index is 0.0516. The summed E-state index contributed by atoms with van der Waals surface area (Å²) in [6.45, 7) is 3.75. The van der Waals surface area contributed by atoms with E-state index in [9.17, 15) is 9.59 Å². The largest absolute Gasteiger partial charge is 0.497 e. The van der Waals surface area contributed by atoms with Crippen LogP contribution >= 0.6 is 11.6 Å². The first-order valence-electron chi connectivity index (χ1n) is 8.08. The topological polar surface area (TPSA) is 77.0 Å². The zero-order chi connectivity index (χ0) is 18.8. The van der Waals surface area contributed by atoms with E-state index in [1.807, 2.05) is 32.0 Å². The van der Waals surface area contributed by atoms with Gasteiger partial charge in [-0.15, -0.1) is 0 Å². The van der Waals surface area contributed by atoms with Crippen molar-refractivity contribution in [3.63, 3.8) is 0 Å². The van der Waals surface area contributed by atoms with Crippen LogP contribution in [0.15, 0.2) is 52.1 Å². The highest BCUT2D eigenvalue weighted by Gasteiger charge is 2.15. The molecule has 0 radical (unpaired) electrons. The van der Waals surface area contributed by atoms with Gasteiger partial charge in [-0.05, 0) is 38.1 Å². The normalized spacial score (nSPS) is 11.0. The maximum Gasteiger partial charge on any atom is 0.267 e. The Labute approximate surface area is 155 Å². The fourth-order valence-corrected chi connectivity index (χ4v) is 2.81. The minimum Gasteiger partial charge on any atom is -0.497 e. The van der Waals surface area contributed by atoms with Crippen LogP contribution in [0.2, 0.25) is 5.02 Å². The summed E-state index contributed by atoms with van der Waals surface area (Å²) in [4.78, 5) is 26.9. The Morgan fingerprint density at radius 2 is 1.92 bits per heavy atom. The number of nitrogens with zero attached hydrogens (tertiary/aromatic N) is 2. The van der Waals surface area contributed by atoms with Crippen molar-refractivity contribution in [2.45, 2.75) is 19.9 Å². The van der Waals surface area contributed by atoms with Gasteiger partial charge in [0.15, 0.2) is 0 Å². The van der Waals surface area contributed by atoms with Gasteiger partial charge < -0.3 is 9.72 Å². The van der Waals surface area contributed by atoms with E-state index in [4.69, 9.17) is 16.3 Å². The van der Waals surface area contributed by atoms with Gasteiger partial charge in [-0.25, -0.2) is 4.68 Å². The van der Waals surface area contributed by atoms with Gasteiger partial charge in [-0.1, -0.05) is 23.7 Å². The predicted molar refractivity (Wildman–Crippen MR) is 102 cm³/mol. The minimum atomic E-state index is -0.398. The highest BCUT2D eigenvalue weighted by Crippen LogP contribution is 2.31. The molecule has 0 aliphatic carbocycles. The number of aromatic nitrogens is 3. The molecule has 0 amide bonds. The first-order valence-corrected chi connectivity index (χ1v) is 8.46. The van der Waals surface area contributed by atoms with Crippen LogP contribution in [0.4, 0.5) is 0 Å². The smallest absolute Gasteiger partial charge is 0.267 e. The van der Waals surface area contributed by atoms with Gasteiger partial charge >= 0.3 is 0 Å². The maximum absolute atomic E-state index is 12.1.